The molecule has 2 unspecified atom stereocenters. The molecule has 1 heteroatoms. The molecule has 0 aliphatic heterocycles. The normalized spacial score (nSPS) is 22.1. The van der Waals surface area contributed by atoms with Gasteiger partial charge in [0.05, 0.1) is 6.10 Å². The summed E-state index contributed by atoms with van der Waals surface area (Å²) in [7, 11) is 0. The highest BCUT2D eigenvalue weighted by Gasteiger charge is 2.25. The van der Waals surface area contributed by atoms with Crippen molar-refractivity contribution in [3.8, 4) is 0 Å². The number of aliphatic hydroxyl groups is 1. The van der Waals surface area contributed by atoms with E-state index in [0.29, 0.717) is 11.3 Å². The smallest absolute Gasteiger partial charge is 0.0543 e. The Morgan fingerprint density at radius 2 is 1.86 bits per heavy atom. The van der Waals surface area contributed by atoms with Gasteiger partial charge in [0.15, 0.2) is 0 Å². The average Bonchev–Trinajstić information content (AvgIpc) is 2.81. The second kappa shape index (κ2) is 4.65. The predicted octanol–water partition coefficient (Wildman–Crippen LogP) is 3.61. The lowest BCUT2D eigenvalue weighted by molar-refractivity contribution is 0.100. The summed E-state index contributed by atoms with van der Waals surface area (Å²) in [6, 6.07) is 0. The van der Waals surface area contributed by atoms with Crippen LogP contribution in [-0.2, 0) is 0 Å². The fourth-order valence-corrected chi connectivity index (χ4v) is 1.71. The lowest BCUT2D eigenvalue weighted by atomic mass is 9.78. The molecule has 0 spiro atoms. The van der Waals surface area contributed by atoms with Gasteiger partial charge in [0.25, 0.3) is 0 Å². The molecule has 1 N–H and O–H groups in total. The molecule has 1 aliphatic carbocycles. The zero-order valence-corrected chi connectivity index (χ0v) is 10.2. The van der Waals surface area contributed by atoms with Crippen LogP contribution in [0.3, 0.4) is 0 Å². The number of aliphatic hydroxyl groups excluding tert-OH is 1. The van der Waals surface area contributed by atoms with Crippen LogP contribution < -0.4 is 0 Å². The van der Waals surface area contributed by atoms with Crippen molar-refractivity contribution in [2.75, 3.05) is 0 Å². The van der Waals surface area contributed by atoms with E-state index in [0.717, 1.165) is 18.8 Å². The molecule has 1 aliphatic rings. The van der Waals surface area contributed by atoms with Crippen LogP contribution in [0.1, 0.15) is 59.8 Å². The number of rotatable bonds is 5. The maximum atomic E-state index is 9.86. The molecule has 0 bridgehead atoms. The summed E-state index contributed by atoms with van der Waals surface area (Å²) in [5, 5.41) is 9.86. The second-order valence-electron chi connectivity index (χ2n) is 6.18. The largest absolute Gasteiger partial charge is 0.393 e. The summed E-state index contributed by atoms with van der Waals surface area (Å²) in [6.07, 6.45) is 5.98. The summed E-state index contributed by atoms with van der Waals surface area (Å²) in [5.74, 6) is 1.56. The minimum atomic E-state index is -0.0650. The first-order valence-electron chi connectivity index (χ1n) is 6.07. The molecule has 0 heterocycles. The zero-order valence-electron chi connectivity index (χ0n) is 10.2. The molecule has 0 aromatic carbocycles. The van der Waals surface area contributed by atoms with Crippen LogP contribution in [0.25, 0.3) is 0 Å². The quantitative estimate of drug-likeness (QED) is 0.715. The summed E-state index contributed by atoms with van der Waals surface area (Å²) in [6.45, 7) is 9.02. The Hall–Kier alpha value is -0.0400. The van der Waals surface area contributed by atoms with Gasteiger partial charge in [-0.15, -0.1) is 0 Å². The summed E-state index contributed by atoms with van der Waals surface area (Å²) in [4.78, 5) is 0. The van der Waals surface area contributed by atoms with Crippen LogP contribution in [0.5, 0.6) is 0 Å². The Morgan fingerprint density at radius 3 is 2.29 bits per heavy atom. The molecule has 1 fully saturated rings. The van der Waals surface area contributed by atoms with Gasteiger partial charge in [0.2, 0.25) is 0 Å². The van der Waals surface area contributed by atoms with Crippen molar-refractivity contribution >= 4 is 0 Å². The molecular weight excluding hydrogens is 172 g/mol. The molecular formula is C13H26O. The summed E-state index contributed by atoms with van der Waals surface area (Å²) < 4.78 is 0. The Kier molecular flexibility index (Phi) is 4.00. The first-order valence-corrected chi connectivity index (χ1v) is 6.07. The molecule has 1 rings (SSSR count). The predicted molar refractivity (Wildman–Crippen MR) is 61.2 cm³/mol. The highest BCUT2D eigenvalue weighted by molar-refractivity contribution is 4.77. The molecule has 2 atom stereocenters. The van der Waals surface area contributed by atoms with E-state index in [9.17, 15) is 5.11 Å². The second-order valence-corrected chi connectivity index (χ2v) is 6.18. The molecule has 1 nitrogen and oxygen atoms in total. The van der Waals surface area contributed by atoms with E-state index in [1.807, 2.05) is 0 Å². The van der Waals surface area contributed by atoms with E-state index >= 15 is 0 Å². The minimum absolute atomic E-state index is 0.0650. The van der Waals surface area contributed by atoms with Crippen molar-refractivity contribution in [3.63, 3.8) is 0 Å². The first-order chi connectivity index (χ1) is 6.39. The third kappa shape index (κ3) is 4.45. The lowest BCUT2D eigenvalue weighted by Gasteiger charge is -2.29. The van der Waals surface area contributed by atoms with Gasteiger partial charge in [0.1, 0.15) is 0 Å². The van der Waals surface area contributed by atoms with Gasteiger partial charge < -0.3 is 5.11 Å². The molecule has 0 amide bonds. The van der Waals surface area contributed by atoms with Gasteiger partial charge in [-0.25, -0.2) is 0 Å². The van der Waals surface area contributed by atoms with Gasteiger partial charge in [-0.1, -0.05) is 40.5 Å². The highest BCUT2D eigenvalue weighted by atomic mass is 16.3. The standard InChI is InChI=1S/C13H26O/c1-10(13(2,3)4)9-12(14)8-7-11-5-6-11/h10-12,14H,5-9H2,1-4H3. The minimum Gasteiger partial charge on any atom is -0.393 e. The molecule has 84 valence electrons. The van der Waals surface area contributed by atoms with E-state index < -0.39 is 0 Å². The molecule has 14 heavy (non-hydrogen) atoms. The summed E-state index contributed by atoms with van der Waals surface area (Å²) >= 11 is 0. The molecule has 0 aromatic heterocycles. The van der Waals surface area contributed by atoms with Crippen LogP contribution in [0.2, 0.25) is 0 Å². The third-order valence-electron chi connectivity index (χ3n) is 3.71. The van der Waals surface area contributed by atoms with Gasteiger partial charge in [-0.2, -0.15) is 0 Å². The molecule has 0 aromatic rings. The zero-order chi connectivity index (χ0) is 10.8. The van der Waals surface area contributed by atoms with Crippen LogP contribution in [0.4, 0.5) is 0 Å². The maximum absolute atomic E-state index is 9.86. The molecule has 0 saturated heterocycles. The third-order valence-corrected chi connectivity index (χ3v) is 3.71. The topological polar surface area (TPSA) is 20.2 Å². The fraction of sp³-hybridized carbons (Fsp3) is 1.00. The fourth-order valence-electron chi connectivity index (χ4n) is 1.71. The van der Waals surface area contributed by atoms with Crippen molar-refractivity contribution < 1.29 is 5.11 Å². The van der Waals surface area contributed by atoms with E-state index in [2.05, 4.69) is 27.7 Å². The van der Waals surface area contributed by atoms with Gasteiger partial charge in [0, 0.05) is 0 Å². The van der Waals surface area contributed by atoms with Crippen LogP contribution in [0, 0.1) is 17.3 Å². The summed E-state index contributed by atoms with van der Waals surface area (Å²) in [5.41, 5.74) is 0.334. The van der Waals surface area contributed by atoms with Gasteiger partial charge in [-0.3, -0.25) is 0 Å². The van der Waals surface area contributed by atoms with Crippen molar-refractivity contribution in [1.29, 1.82) is 0 Å². The van der Waals surface area contributed by atoms with Gasteiger partial charge >= 0.3 is 0 Å². The molecule has 0 radical (unpaired) electrons. The van der Waals surface area contributed by atoms with E-state index in [4.69, 9.17) is 0 Å². The van der Waals surface area contributed by atoms with Crippen molar-refractivity contribution in [1.82, 2.24) is 0 Å². The highest BCUT2D eigenvalue weighted by Crippen LogP contribution is 2.35. The Labute approximate surface area is 88.9 Å². The monoisotopic (exact) mass is 198 g/mol. The van der Waals surface area contributed by atoms with E-state index in [-0.39, 0.29) is 6.10 Å². The van der Waals surface area contributed by atoms with Crippen LogP contribution in [0.15, 0.2) is 0 Å². The van der Waals surface area contributed by atoms with Crippen molar-refractivity contribution in [2.45, 2.75) is 65.9 Å². The maximum Gasteiger partial charge on any atom is 0.0543 e. The van der Waals surface area contributed by atoms with E-state index in [1.54, 1.807) is 0 Å². The number of hydrogen-bond acceptors (Lipinski definition) is 1. The van der Waals surface area contributed by atoms with Crippen LogP contribution >= 0.6 is 0 Å². The van der Waals surface area contributed by atoms with Gasteiger partial charge in [-0.05, 0) is 36.5 Å². The Bertz CT molecular complexity index is 165. The first kappa shape index (κ1) is 12.0. The van der Waals surface area contributed by atoms with Crippen molar-refractivity contribution in [2.24, 2.45) is 17.3 Å². The Morgan fingerprint density at radius 1 is 1.29 bits per heavy atom. The molecule has 1 saturated carbocycles. The van der Waals surface area contributed by atoms with Crippen molar-refractivity contribution in [3.05, 3.63) is 0 Å². The van der Waals surface area contributed by atoms with E-state index in [1.165, 1.54) is 19.3 Å². The Balaban J connectivity index is 2.14. The SMILES string of the molecule is CC(CC(O)CCC1CC1)C(C)(C)C. The number of hydrogen-bond donors (Lipinski definition) is 1. The lowest BCUT2D eigenvalue weighted by Crippen LogP contribution is -2.22. The van der Waals surface area contributed by atoms with Crippen LogP contribution in [-0.4, -0.2) is 11.2 Å². The average molecular weight is 198 g/mol.